The van der Waals surface area contributed by atoms with Gasteiger partial charge < -0.3 is 15.2 Å². The largest absolute Gasteiger partial charge is 0.478 e. The smallest absolute Gasteiger partial charge is 0.335 e. The Kier molecular flexibility index (Phi) is 7.76. The first kappa shape index (κ1) is 24.7. The number of carboxylic acid groups (broad SMARTS) is 1. The molecule has 1 aliphatic rings. The second-order valence-corrected chi connectivity index (χ2v) is 9.43. The molecule has 7 nitrogen and oxygen atoms in total. The summed E-state index contributed by atoms with van der Waals surface area (Å²) in [4.78, 5) is 37.5. The summed E-state index contributed by atoms with van der Waals surface area (Å²) < 4.78 is 4.87. The topological polar surface area (TPSA) is 95.9 Å². The van der Waals surface area contributed by atoms with E-state index in [-0.39, 0.29) is 30.6 Å². The lowest BCUT2D eigenvalue weighted by Crippen LogP contribution is -2.55. The number of nitrogens with one attached hydrogen (secondary N) is 1. The molecule has 0 spiro atoms. The van der Waals surface area contributed by atoms with Crippen molar-refractivity contribution in [1.29, 1.82) is 0 Å². The van der Waals surface area contributed by atoms with Crippen LogP contribution >= 0.6 is 11.6 Å². The summed E-state index contributed by atoms with van der Waals surface area (Å²) in [7, 11) is 0. The van der Waals surface area contributed by atoms with Crippen molar-refractivity contribution < 1.29 is 24.2 Å². The molecule has 1 aliphatic heterocycles. The van der Waals surface area contributed by atoms with Gasteiger partial charge in [-0.15, -0.1) is 0 Å². The molecule has 0 unspecified atom stereocenters. The highest BCUT2D eigenvalue weighted by Gasteiger charge is 2.42. The number of hydrogen-bond donors (Lipinski definition) is 2. The van der Waals surface area contributed by atoms with Crippen molar-refractivity contribution in [2.45, 2.75) is 59.4 Å². The van der Waals surface area contributed by atoms with Gasteiger partial charge in [0.05, 0.1) is 24.1 Å². The van der Waals surface area contributed by atoms with Crippen LogP contribution in [0.15, 0.2) is 30.0 Å². The van der Waals surface area contributed by atoms with Crippen molar-refractivity contribution in [3.05, 3.63) is 46.1 Å². The van der Waals surface area contributed by atoms with Crippen LogP contribution < -0.4 is 5.32 Å². The third kappa shape index (κ3) is 6.23. The van der Waals surface area contributed by atoms with Gasteiger partial charge in [0.25, 0.3) is 0 Å². The van der Waals surface area contributed by atoms with E-state index in [1.807, 2.05) is 6.07 Å². The Morgan fingerprint density at radius 1 is 1.29 bits per heavy atom. The van der Waals surface area contributed by atoms with Crippen LogP contribution in [0.25, 0.3) is 0 Å². The first-order chi connectivity index (χ1) is 14.4. The number of amides is 2. The lowest BCUT2D eigenvalue weighted by molar-refractivity contribution is -0.143. The quantitative estimate of drug-likeness (QED) is 0.569. The van der Waals surface area contributed by atoms with Gasteiger partial charge in [0.2, 0.25) is 0 Å². The third-order valence-electron chi connectivity index (χ3n) is 5.31. The number of halogens is 1. The highest BCUT2D eigenvalue weighted by molar-refractivity contribution is 6.31. The summed E-state index contributed by atoms with van der Waals surface area (Å²) in [5, 5.41) is 13.1. The molecule has 1 aromatic carbocycles. The molecule has 170 valence electrons. The molecule has 31 heavy (non-hydrogen) atoms. The van der Waals surface area contributed by atoms with Gasteiger partial charge in [-0.1, -0.05) is 44.5 Å². The minimum atomic E-state index is -1.27. The highest BCUT2D eigenvalue weighted by atomic mass is 35.5. The van der Waals surface area contributed by atoms with Gasteiger partial charge in [0.15, 0.2) is 0 Å². The van der Waals surface area contributed by atoms with Crippen molar-refractivity contribution >= 4 is 29.6 Å². The number of nitrogens with zero attached hydrogens (tertiary/aromatic N) is 1. The number of benzene rings is 1. The maximum atomic E-state index is 12.7. The van der Waals surface area contributed by atoms with Crippen molar-refractivity contribution in [2.75, 3.05) is 13.2 Å². The van der Waals surface area contributed by atoms with E-state index in [9.17, 15) is 19.5 Å². The monoisotopic (exact) mass is 450 g/mol. The van der Waals surface area contributed by atoms with Crippen LogP contribution in [0.4, 0.5) is 4.79 Å². The predicted octanol–water partition coefficient (Wildman–Crippen LogP) is 4.48. The molecule has 0 saturated carbocycles. The number of rotatable bonds is 8. The Morgan fingerprint density at radius 3 is 2.52 bits per heavy atom. The Hall–Kier alpha value is -2.54. The molecule has 0 fully saturated rings. The molecule has 0 radical (unpaired) electrons. The maximum Gasteiger partial charge on any atom is 0.335 e. The molecule has 1 aromatic rings. The number of aryl methyl sites for hydroxylation is 1. The normalized spacial score (nSPS) is 19.0. The van der Waals surface area contributed by atoms with Gasteiger partial charge in [-0.3, -0.25) is 9.69 Å². The van der Waals surface area contributed by atoms with Crippen LogP contribution in [0.2, 0.25) is 5.02 Å². The molecule has 0 saturated heterocycles. The standard InChI is InChI=1S/C23H31ClN2O5/c1-6-31-19(27)10-12-26-14-17(20(28)29)23(5,25-21(26)30)16-8-7-15(18(24)13-16)9-11-22(2,3)4/h7-8,13-14H,6,9-12H2,1-5H3,(H,25,30)(H,28,29)/t23-/m0/s1. The van der Waals surface area contributed by atoms with E-state index in [1.165, 1.54) is 11.1 Å². The second kappa shape index (κ2) is 9.73. The summed E-state index contributed by atoms with van der Waals surface area (Å²) in [5.74, 6) is -1.62. The van der Waals surface area contributed by atoms with Gasteiger partial charge in [-0.2, -0.15) is 0 Å². The Labute approximate surface area is 188 Å². The van der Waals surface area contributed by atoms with E-state index in [0.717, 1.165) is 18.4 Å². The predicted molar refractivity (Wildman–Crippen MR) is 119 cm³/mol. The summed E-state index contributed by atoms with van der Waals surface area (Å²) in [6, 6.07) is 4.90. The lowest BCUT2D eigenvalue weighted by atomic mass is 9.82. The first-order valence-electron chi connectivity index (χ1n) is 10.4. The third-order valence-corrected chi connectivity index (χ3v) is 5.66. The minimum absolute atomic E-state index is 0.0179. The summed E-state index contributed by atoms with van der Waals surface area (Å²) >= 11 is 6.50. The number of hydrogen-bond acceptors (Lipinski definition) is 4. The van der Waals surface area contributed by atoms with Crippen LogP contribution in [0.1, 0.15) is 58.6 Å². The fourth-order valence-electron chi connectivity index (χ4n) is 3.38. The number of urea groups is 1. The zero-order valence-corrected chi connectivity index (χ0v) is 19.5. The maximum absolute atomic E-state index is 12.7. The zero-order valence-electron chi connectivity index (χ0n) is 18.8. The zero-order chi connectivity index (χ0) is 23.4. The number of carbonyl (C=O) groups is 3. The Bertz CT molecular complexity index is 890. The average Bonchev–Trinajstić information content (AvgIpc) is 2.65. The van der Waals surface area contributed by atoms with E-state index in [2.05, 4.69) is 26.1 Å². The molecular weight excluding hydrogens is 420 g/mol. The molecular formula is C23H31ClN2O5. The molecule has 0 aliphatic carbocycles. The van der Waals surface area contributed by atoms with Gasteiger partial charge in [-0.05, 0) is 49.3 Å². The average molecular weight is 451 g/mol. The number of esters is 1. The molecule has 0 aromatic heterocycles. The van der Waals surface area contributed by atoms with Crippen LogP contribution in [0, 0.1) is 5.41 Å². The van der Waals surface area contributed by atoms with E-state index < -0.39 is 23.5 Å². The van der Waals surface area contributed by atoms with E-state index in [1.54, 1.807) is 26.0 Å². The lowest BCUT2D eigenvalue weighted by Gasteiger charge is -2.39. The summed E-state index contributed by atoms with van der Waals surface area (Å²) in [5.41, 5.74) is 0.425. The van der Waals surface area contributed by atoms with Crippen molar-refractivity contribution in [3.8, 4) is 0 Å². The van der Waals surface area contributed by atoms with Gasteiger partial charge in [0, 0.05) is 17.8 Å². The van der Waals surface area contributed by atoms with Crippen molar-refractivity contribution in [2.24, 2.45) is 5.41 Å². The number of carbonyl (C=O) groups excluding carboxylic acids is 2. The fourth-order valence-corrected chi connectivity index (χ4v) is 3.65. The molecule has 0 bridgehead atoms. The fraction of sp³-hybridized carbons (Fsp3) is 0.522. The number of ether oxygens (including phenoxy) is 1. The van der Waals surface area contributed by atoms with Gasteiger partial charge in [-0.25, -0.2) is 9.59 Å². The SMILES string of the molecule is CCOC(=O)CCN1C=C(C(=O)O)[C@](C)(c2ccc(CCC(C)(C)C)c(Cl)c2)NC1=O. The van der Waals surface area contributed by atoms with E-state index in [0.29, 0.717) is 10.6 Å². The van der Waals surface area contributed by atoms with Crippen LogP contribution in [-0.4, -0.2) is 41.1 Å². The highest BCUT2D eigenvalue weighted by Crippen LogP contribution is 2.36. The first-order valence-corrected chi connectivity index (χ1v) is 10.7. The Balaban J connectivity index is 2.31. The van der Waals surface area contributed by atoms with Crippen molar-refractivity contribution in [1.82, 2.24) is 10.2 Å². The van der Waals surface area contributed by atoms with Gasteiger partial charge in [0.1, 0.15) is 0 Å². The molecule has 1 heterocycles. The summed E-state index contributed by atoms with van der Waals surface area (Å²) in [6.07, 6.45) is 3.00. The minimum Gasteiger partial charge on any atom is -0.478 e. The Morgan fingerprint density at radius 2 is 1.97 bits per heavy atom. The van der Waals surface area contributed by atoms with Gasteiger partial charge >= 0.3 is 18.0 Å². The van der Waals surface area contributed by atoms with E-state index >= 15 is 0 Å². The number of carboxylic acids is 1. The molecule has 8 heteroatoms. The molecule has 2 amide bonds. The van der Waals surface area contributed by atoms with Crippen LogP contribution in [0.3, 0.4) is 0 Å². The summed E-state index contributed by atoms with van der Waals surface area (Å²) in [6.45, 7) is 10.1. The molecule has 1 atom stereocenters. The van der Waals surface area contributed by atoms with Crippen LogP contribution in [-0.2, 0) is 26.3 Å². The second-order valence-electron chi connectivity index (χ2n) is 9.02. The number of aliphatic carboxylic acids is 1. The van der Waals surface area contributed by atoms with E-state index in [4.69, 9.17) is 16.3 Å². The molecule has 2 rings (SSSR count). The van der Waals surface area contributed by atoms with Crippen molar-refractivity contribution in [3.63, 3.8) is 0 Å². The van der Waals surface area contributed by atoms with Crippen LogP contribution in [0.5, 0.6) is 0 Å². The molecule has 2 N–H and O–H groups in total.